The summed E-state index contributed by atoms with van der Waals surface area (Å²) in [7, 11) is 1.67. The van der Waals surface area contributed by atoms with Crippen LogP contribution in [-0.4, -0.2) is 24.4 Å². The third-order valence-corrected chi connectivity index (χ3v) is 4.00. The lowest BCUT2D eigenvalue weighted by atomic mass is 10.2. The fourth-order valence-electron chi connectivity index (χ4n) is 1.87. The van der Waals surface area contributed by atoms with Crippen molar-refractivity contribution < 1.29 is 9.31 Å². The van der Waals surface area contributed by atoms with Crippen LogP contribution in [0.2, 0.25) is 0 Å². The van der Waals surface area contributed by atoms with Crippen molar-refractivity contribution in [1.29, 1.82) is 0 Å². The lowest BCUT2D eigenvalue weighted by Crippen LogP contribution is -1.93. The summed E-state index contributed by atoms with van der Waals surface area (Å²) in [6.45, 7) is 0. The van der Waals surface area contributed by atoms with E-state index in [2.05, 4.69) is 15.0 Å². The molecule has 3 rings (SSSR count). The number of benzene rings is 1. The van der Waals surface area contributed by atoms with Gasteiger partial charge in [0.25, 0.3) is 0 Å². The van der Waals surface area contributed by atoms with Gasteiger partial charge in [-0.2, -0.15) is 0 Å². The van der Waals surface area contributed by atoms with Crippen molar-refractivity contribution in [2.45, 2.75) is 10.2 Å². The highest BCUT2D eigenvalue weighted by Gasteiger charge is 2.22. The molecule has 1 aromatic carbocycles. The average molecular weight is 319 g/mol. The maximum Gasteiger partial charge on any atom is 0.396 e. The van der Waals surface area contributed by atoms with E-state index in [0.717, 1.165) is 17.3 Å². The maximum absolute atomic E-state index is 12.9. The Morgan fingerprint density at radius 2 is 2.05 bits per heavy atom. The molecule has 0 spiro atoms. The van der Waals surface area contributed by atoms with Crippen LogP contribution in [0.1, 0.15) is 0 Å². The molecule has 0 saturated carbocycles. The van der Waals surface area contributed by atoms with Gasteiger partial charge in [-0.3, -0.25) is 0 Å². The van der Waals surface area contributed by atoms with Crippen molar-refractivity contribution in [1.82, 2.24) is 19.5 Å². The Labute approximate surface area is 128 Å². The molecule has 0 radical (unpaired) electrons. The topological polar surface area (TPSA) is 89.6 Å². The molecule has 1 N–H and O–H groups in total. The Bertz CT molecular complexity index is 827. The van der Waals surface area contributed by atoms with Crippen LogP contribution in [0.4, 0.5) is 10.2 Å². The minimum Gasteiger partial charge on any atom is -0.358 e. The van der Waals surface area contributed by atoms with Gasteiger partial charge in [-0.1, -0.05) is 0 Å². The molecular formula is C13H10FN5O2S. The van der Waals surface area contributed by atoms with E-state index in [1.807, 2.05) is 0 Å². The Morgan fingerprint density at radius 1 is 1.32 bits per heavy atom. The van der Waals surface area contributed by atoms with Gasteiger partial charge in [-0.15, -0.1) is 0 Å². The quantitative estimate of drug-likeness (QED) is 0.590. The summed E-state index contributed by atoms with van der Waals surface area (Å²) < 4.78 is 14.5. The van der Waals surface area contributed by atoms with Crippen LogP contribution in [0.5, 0.6) is 0 Å². The largest absolute Gasteiger partial charge is 0.396 e. The summed E-state index contributed by atoms with van der Waals surface area (Å²) in [6.07, 6.45) is 2.97. The number of halogens is 1. The molecule has 0 unspecified atom stereocenters. The Morgan fingerprint density at radius 3 is 2.73 bits per heavy atom. The van der Waals surface area contributed by atoms with E-state index in [9.17, 15) is 14.5 Å². The fraction of sp³-hybridized carbons (Fsp3) is 0.0769. The third-order valence-electron chi connectivity index (χ3n) is 2.94. The van der Waals surface area contributed by atoms with Crippen LogP contribution in [0, 0.1) is 15.9 Å². The van der Waals surface area contributed by atoms with E-state index in [1.54, 1.807) is 29.9 Å². The number of aromatic amines is 1. The number of hydrogen-bond donors (Lipinski definition) is 1. The first-order valence-electron chi connectivity index (χ1n) is 6.19. The van der Waals surface area contributed by atoms with Crippen molar-refractivity contribution in [2.75, 3.05) is 0 Å². The molecule has 9 heteroatoms. The fourth-order valence-corrected chi connectivity index (χ4v) is 2.73. The van der Waals surface area contributed by atoms with E-state index in [4.69, 9.17) is 0 Å². The molecule has 0 bridgehead atoms. The van der Waals surface area contributed by atoms with Crippen molar-refractivity contribution in [2.24, 2.45) is 7.05 Å². The van der Waals surface area contributed by atoms with Gasteiger partial charge in [0.2, 0.25) is 6.33 Å². The van der Waals surface area contributed by atoms with Crippen molar-refractivity contribution in [3.63, 3.8) is 0 Å². The number of H-pyrrole nitrogens is 1. The van der Waals surface area contributed by atoms with Gasteiger partial charge in [0.05, 0.1) is 11.9 Å². The molecule has 2 heterocycles. The number of imidazole rings is 2. The SMILES string of the molecule is Cn1cnc([N+](=O)[O-])c1Sc1ncc(-c2ccc(F)cc2)[nH]1. The minimum absolute atomic E-state index is 0.216. The number of nitrogens with one attached hydrogen (secondary N) is 1. The van der Waals surface area contributed by atoms with Crippen LogP contribution in [0.25, 0.3) is 11.3 Å². The first-order chi connectivity index (χ1) is 10.5. The van der Waals surface area contributed by atoms with Crippen LogP contribution in [-0.2, 0) is 7.05 Å². The standard InChI is InChI=1S/C13H10FN5O2S/c1-18-7-16-11(19(20)21)12(18)22-13-15-6-10(17-13)8-2-4-9(14)5-3-8/h2-7H,1H3,(H,15,17). The van der Waals surface area contributed by atoms with E-state index in [-0.39, 0.29) is 11.6 Å². The van der Waals surface area contributed by atoms with Crippen molar-refractivity contribution >= 4 is 17.6 Å². The number of nitrogens with zero attached hydrogens (tertiary/aromatic N) is 4. The molecule has 0 fully saturated rings. The Balaban J connectivity index is 1.87. The zero-order valence-electron chi connectivity index (χ0n) is 11.4. The Kier molecular flexibility index (Phi) is 3.63. The lowest BCUT2D eigenvalue weighted by molar-refractivity contribution is -0.392. The molecular weight excluding hydrogens is 309 g/mol. The van der Waals surface area contributed by atoms with E-state index >= 15 is 0 Å². The second-order valence-electron chi connectivity index (χ2n) is 4.45. The van der Waals surface area contributed by atoms with Crippen molar-refractivity contribution in [3.05, 3.63) is 52.7 Å². The summed E-state index contributed by atoms with van der Waals surface area (Å²) in [5.74, 6) is -0.532. The number of hydrogen-bond acceptors (Lipinski definition) is 5. The number of nitro groups is 1. The molecule has 0 atom stereocenters. The third kappa shape index (κ3) is 2.70. The zero-order chi connectivity index (χ0) is 15.7. The average Bonchev–Trinajstić information content (AvgIpc) is 3.08. The molecule has 22 heavy (non-hydrogen) atoms. The maximum atomic E-state index is 12.9. The lowest BCUT2D eigenvalue weighted by Gasteiger charge is -1.99. The van der Waals surface area contributed by atoms with E-state index in [0.29, 0.717) is 15.9 Å². The minimum atomic E-state index is -0.536. The normalized spacial score (nSPS) is 10.8. The van der Waals surface area contributed by atoms with Crippen LogP contribution in [0.15, 0.2) is 47.0 Å². The van der Waals surface area contributed by atoms with E-state index in [1.165, 1.54) is 18.5 Å². The van der Waals surface area contributed by atoms with Crippen LogP contribution in [0.3, 0.4) is 0 Å². The first kappa shape index (κ1) is 14.3. The van der Waals surface area contributed by atoms with Gasteiger partial charge >= 0.3 is 5.82 Å². The summed E-state index contributed by atoms with van der Waals surface area (Å²) in [4.78, 5) is 21.4. The number of aryl methyl sites for hydroxylation is 1. The molecule has 112 valence electrons. The smallest absolute Gasteiger partial charge is 0.358 e. The number of rotatable bonds is 4. The van der Waals surface area contributed by atoms with Gasteiger partial charge in [0.15, 0.2) is 10.2 Å². The van der Waals surface area contributed by atoms with Gasteiger partial charge in [0.1, 0.15) is 5.82 Å². The second-order valence-corrected chi connectivity index (χ2v) is 5.43. The molecule has 0 amide bonds. The van der Waals surface area contributed by atoms with Gasteiger partial charge < -0.3 is 19.7 Å². The summed E-state index contributed by atoms with van der Waals surface area (Å²) in [5, 5.41) is 11.8. The van der Waals surface area contributed by atoms with Gasteiger partial charge in [0, 0.05) is 7.05 Å². The molecule has 3 aromatic rings. The highest BCUT2D eigenvalue weighted by atomic mass is 32.2. The summed E-state index contributed by atoms with van der Waals surface area (Å²) in [5.41, 5.74) is 1.48. The molecule has 0 saturated heterocycles. The zero-order valence-corrected chi connectivity index (χ0v) is 12.2. The Hall–Kier alpha value is -2.68. The predicted octanol–water partition coefficient (Wildman–Crippen LogP) is 3.01. The van der Waals surface area contributed by atoms with Crippen LogP contribution < -0.4 is 0 Å². The highest BCUT2D eigenvalue weighted by molar-refractivity contribution is 7.99. The van der Waals surface area contributed by atoms with Gasteiger partial charge in [-0.25, -0.2) is 9.37 Å². The van der Waals surface area contributed by atoms with Gasteiger partial charge in [-0.05, 0) is 51.5 Å². The monoisotopic (exact) mass is 319 g/mol. The molecule has 7 nitrogen and oxygen atoms in total. The molecule has 0 aliphatic rings. The van der Waals surface area contributed by atoms with Crippen molar-refractivity contribution in [3.8, 4) is 11.3 Å². The molecule has 0 aliphatic heterocycles. The highest BCUT2D eigenvalue weighted by Crippen LogP contribution is 2.32. The predicted molar refractivity (Wildman–Crippen MR) is 78.0 cm³/mol. The second kappa shape index (κ2) is 5.60. The summed E-state index contributed by atoms with van der Waals surface area (Å²) in [6, 6.07) is 5.97. The molecule has 0 aliphatic carbocycles. The number of aromatic nitrogens is 4. The van der Waals surface area contributed by atoms with E-state index < -0.39 is 4.92 Å². The first-order valence-corrected chi connectivity index (χ1v) is 7.01. The van der Waals surface area contributed by atoms with Crippen LogP contribution >= 0.6 is 11.8 Å². The summed E-state index contributed by atoms with van der Waals surface area (Å²) >= 11 is 1.11. The molecule has 2 aromatic heterocycles.